The normalized spacial score (nSPS) is 18.7. The number of aryl methyl sites for hydroxylation is 1. The maximum absolute atomic E-state index is 13.2. The summed E-state index contributed by atoms with van der Waals surface area (Å²) in [5, 5.41) is 0.931. The minimum atomic E-state index is -0.932. The molecule has 1 aliphatic rings. The number of benzene rings is 2. The maximum Gasteiger partial charge on any atom is 0.338 e. The predicted molar refractivity (Wildman–Crippen MR) is 142 cm³/mol. The molecule has 0 bridgehead atoms. The SMILES string of the molecule is Cc1nc2c(N)ncnc2n([C@@H]2C[C@H](OC(=O)c3ccc(Cl)cc3)[C@@H](COC(=O)c3ccc(Cl)cc3)O2)c1=O. The summed E-state index contributed by atoms with van der Waals surface area (Å²) < 4.78 is 18.7. The summed E-state index contributed by atoms with van der Waals surface area (Å²) in [7, 11) is 0. The molecule has 4 aromatic rings. The van der Waals surface area contributed by atoms with E-state index in [0.29, 0.717) is 10.0 Å². The van der Waals surface area contributed by atoms with Crippen molar-refractivity contribution in [1.82, 2.24) is 19.5 Å². The molecule has 0 radical (unpaired) electrons. The highest BCUT2D eigenvalue weighted by atomic mass is 35.5. The molecular weight excluding hydrogens is 549 g/mol. The highest BCUT2D eigenvalue weighted by Gasteiger charge is 2.41. The molecule has 3 heterocycles. The molecule has 0 saturated carbocycles. The molecular formula is C26H21Cl2N5O6. The Bertz CT molecular complexity index is 1610. The van der Waals surface area contributed by atoms with Gasteiger partial charge >= 0.3 is 11.9 Å². The molecule has 11 nitrogen and oxygen atoms in total. The number of carbonyl (C=O) groups is 2. The van der Waals surface area contributed by atoms with Gasteiger partial charge < -0.3 is 19.9 Å². The van der Waals surface area contributed by atoms with Gasteiger partial charge in [0, 0.05) is 16.5 Å². The predicted octanol–water partition coefficient (Wildman–Crippen LogP) is 3.75. The van der Waals surface area contributed by atoms with E-state index in [9.17, 15) is 14.4 Å². The number of hydrogen-bond donors (Lipinski definition) is 1. The van der Waals surface area contributed by atoms with Gasteiger partial charge in [-0.15, -0.1) is 0 Å². The number of aromatic nitrogens is 4. The number of carbonyl (C=O) groups excluding carboxylic acids is 2. The molecule has 2 aromatic heterocycles. The van der Waals surface area contributed by atoms with Gasteiger partial charge in [-0.2, -0.15) is 0 Å². The zero-order valence-corrected chi connectivity index (χ0v) is 21.9. The number of halogens is 2. The summed E-state index contributed by atoms with van der Waals surface area (Å²) in [5.74, 6) is -1.16. The topological polar surface area (TPSA) is 149 Å². The molecule has 1 aliphatic heterocycles. The van der Waals surface area contributed by atoms with Crippen molar-refractivity contribution in [3.63, 3.8) is 0 Å². The number of hydrogen-bond acceptors (Lipinski definition) is 10. The number of ether oxygens (including phenoxy) is 3. The molecule has 3 atom stereocenters. The van der Waals surface area contributed by atoms with Crippen LogP contribution in [0.3, 0.4) is 0 Å². The third-order valence-corrected chi connectivity index (χ3v) is 6.64. The van der Waals surface area contributed by atoms with Gasteiger partial charge in [-0.05, 0) is 55.5 Å². The molecule has 13 heteroatoms. The fourth-order valence-corrected chi connectivity index (χ4v) is 4.42. The zero-order chi connectivity index (χ0) is 27.7. The van der Waals surface area contributed by atoms with Crippen LogP contribution < -0.4 is 11.3 Å². The number of anilines is 1. The van der Waals surface area contributed by atoms with Crippen LogP contribution in [0.25, 0.3) is 11.2 Å². The number of nitrogens with two attached hydrogens (primary N) is 1. The van der Waals surface area contributed by atoms with E-state index < -0.39 is 35.9 Å². The average Bonchev–Trinajstić information content (AvgIpc) is 3.31. The van der Waals surface area contributed by atoms with Crippen LogP contribution in [0.15, 0.2) is 59.7 Å². The van der Waals surface area contributed by atoms with E-state index in [4.69, 9.17) is 43.1 Å². The Morgan fingerprint density at radius 1 is 1.03 bits per heavy atom. The molecule has 0 spiro atoms. The lowest BCUT2D eigenvalue weighted by Crippen LogP contribution is -2.32. The fraction of sp³-hybridized carbons (Fsp3) is 0.231. The van der Waals surface area contributed by atoms with Crippen molar-refractivity contribution in [3.8, 4) is 0 Å². The summed E-state index contributed by atoms with van der Waals surface area (Å²) in [6.07, 6.45) is -1.45. The van der Waals surface area contributed by atoms with Crippen LogP contribution in [0.5, 0.6) is 0 Å². The molecule has 0 amide bonds. The van der Waals surface area contributed by atoms with Crippen LogP contribution in [-0.4, -0.2) is 50.3 Å². The quantitative estimate of drug-likeness (QED) is 0.340. The van der Waals surface area contributed by atoms with Crippen molar-refractivity contribution in [2.75, 3.05) is 12.3 Å². The van der Waals surface area contributed by atoms with Crippen LogP contribution in [0.2, 0.25) is 10.0 Å². The first kappa shape index (κ1) is 26.5. The molecule has 2 N–H and O–H groups in total. The first-order chi connectivity index (χ1) is 18.7. The molecule has 0 aliphatic carbocycles. The summed E-state index contributed by atoms with van der Waals surface area (Å²) in [4.78, 5) is 51.0. The van der Waals surface area contributed by atoms with E-state index in [1.807, 2.05) is 0 Å². The van der Waals surface area contributed by atoms with E-state index in [0.717, 1.165) is 0 Å². The summed E-state index contributed by atoms with van der Waals surface area (Å²) >= 11 is 11.8. The van der Waals surface area contributed by atoms with Crippen LogP contribution in [0.1, 0.15) is 39.1 Å². The Labute approximate surface area is 231 Å². The van der Waals surface area contributed by atoms with Crippen LogP contribution in [0, 0.1) is 6.92 Å². The largest absolute Gasteiger partial charge is 0.459 e. The second-order valence-electron chi connectivity index (χ2n) is 8.72. The van der Waals surface area contributed by atoms with Crippen molar-refractivity contribution < 1.29 is 23.8 Å². The Hall–Kier alpha value is -4.06. The van der Waals surface area contributed by atoms with E-state index >= 15 is 0 Å². The lowest BCUT2D eigenvalue weighted by Gasteiger charge is -2.19. The van der Waals surface area contributed by atoms with Crippen molar-refractivity contribution in [3.05, 3.63) is 92.1 Å². The number of nitrogen functional groups attached to an aromatic ring is 1. The van der Waals surface area contributed by atoms with Crippen molar-refractivity contribution in [2.24, 2.45) is 0 Å². The van der Waals surface area contributed by atoms with Gasteiger partial charge in [-0.25, -0.2) is 24.5 Å². The number of esters is 2. The first-order valence-electron chi connectivity index (χ1n) is 11.8. The molecule has 5 rings (SSSR count). The van der Waals surface area contributed by atoms with Crippen LogP contribution in [0.4, 0.5) is 5.82 Å². The second kappa shape index (κ2) is 11.0. The molecule has 1 fully saturated rings. The monoisotopic (exact) mass is 569 g/mol. The van der Waals surface area contributed by atoms with Crippen molar-refractivity contribution in [2.45, 2.75) is 31.8 Å². The number of fused-ring (bicyclic) bond motifs is 1. The number of nitrogens with zero attached hydrogens (tertiary/aromatic N) is 4. The van der Waals surface area contributed by atoms with E-state index in [1.54, 1.807) is 24.3 Å². The summed E-state index contributed by atoms with van der Waals surface area (Å²) in [6, 6.07) is 12.4. The molecule has 0 unspecified atom stereocenters. The molecule has 39 heavy (non-hydrogen) atoms. The van der Waals surface area contributed by atoms with Gasteiger partial charge in [0.1, 0.15) is 42.6 Å². The minimum absolute atomic E-state index is 0.0604. The van der Waals surface area contributed by atoms with Gasteiger partial charge in [-0.1, -0.05) is 23.2 Å². The smallest absolute Gasteiger partial charge is 0.338 e. The van der Waals surface area contributed by atoms with E-state index in [1.165, 1.54) is 42.1 Å². The standard InChI is InChI=1S/C26H21Cl2N5O6/c1-13-24(34)33(23-21(32-13)22(29)30-12-31-23)20-10-18(39-26(36)15-4-8-17(28)9-5-15)19(38-20)11-37-25(35)14-2-6-16(27)7-3-14/h2-9,12,18-20H,10-11H2,1H3,(H2,29,30,31)/t18-,19+,20-/m0/s1. The van der Waals surface area contributed by atoms with E-state index in [2.05, 4.69) is 15.0 Å². The van der Waals surface area contributed by atoms with Crippen molar-refractivity contribution >= 4 is 52.1 Å². The maximum atomic E-state index is 13.2. The second-order valence-corrected chi connectivity index (χ2v) is 9.60. The minimum Gasteiger partial charge on any atom is -0.459 e. The molecule has 1 saturated heterocycles. The number of rotatable bonds is 6. The molecule has 200 valence electrons. The lowest BCUT2D eigenvalue weighted by molar-refractivity contribution is -0.0570. The Morgan fingerprint density at radius 3 is 2.28 bits per heavy atom. The zero-order valence-electron chi connectivity index (χ0n) is 20.4. The lowest BCUT2D eigenvalue weighted by atomic mass is 10.1. The highest BCUT2D eigenvalue weighted by Crippen LogP contribution is 2.33. The van der Waals surface area contributed by atoms with Crippen LogP contribution in [-0.2, 0) is 14.2 Å². The summed E-state index contributed by atoms with van der Waals surface area (Å²) in [5.41, 5.74) is 6.59. The third kappa shape index (κ3) is 5.56. The van der Waals surface area contributed by atoms with E-state index in [-0.39, 0.29) is 46.8 Å². The van der Waals surface area contributed by atoms with Gasteiger partial charge in [-0.3, -0.25) is 9.36 Å². The van der Waals surface area contributed by atoms with Crippen LogP contribution >= 0.6 is 23.2 Å². The van der Waals surface area contributed by atoms with Gasteiger partial charge in [0.05, 0.1) is 11.1 Å². The Balaban J connectivity index is 1.44. The van der Waals surface area contributed by atoms with Gasteiger partial charge in [0.2, 0.25) is 0 Å². The van der Waals surface area contributed by atoms with Gasteiger partial charge in [0.15, 0.2) is 11.5 Å². The fourth-order valence-electron chi connectivity index (χ4n) is 4.17. The van der Waals surface area contributed by atoms with Gasteiger partial charge in [0.25, 0.3) is 5.56 Å². The Morgan fingerprint density at radius 2 is 1.64 bits per heavy atom. The Kier molecular flexibility index (Phi) is 7.47. The average molecular weight is 570 g/mol. The highest BCUT2D eigenvalue weighted by molar-refractivity contribution is 6.31. The van der Waals surface area contributed by atoms with Crippen molar-refractivity contribution in [1.29, 1.82) is 0 Å². The summed E-state index contributed by atoms with van der Waals surface area (Å²) in [6.45, 7) is 1.27. The first-order valence-corrected chi connectivity index (χ1v) is 12.5. The molecule has 2 aromatic carbocycles. The third-order valence-electron chi connectivity index (χ3n) is 6.13.